The quantitative estimate of drug-likeness (QED) is 0.824. The van der Waals surface area contributed by atoms with Gasteiger partial charge < -0.3 is 10.1 Å². The molecule has 0 radical (unpaired) electrons. The highest BCUT2D eigenvalue weighted by molar-refractivity contribution is 6.33. The molecule has 0 fully saturated rings. The number of carbonyl (C=O) groups is 2. The van der Waals surface area contributed by atoms with E-state index in [9.17, 15) is 9.59 Å². The van der Waals surface area contributed by atoms with E-state index in [1.165, 1.54) is 17.9 Å². The predicted octanol–water partition coefficient (Wildman–Crippen LogP) is 0.897. The molecule has 1 atom stereocenters. The SMILES string of the molecule is C[C@H](OC(=O)Cn1cnnn1)C(=O)Nc1ccccc1Cl. The maximum absolute atomic E-state index is 11.9. The summed E-state index contributed by atoms with van der Waals surface area (Å²) < 4.78 is 6.18. The highest BCUT2D eigenvalue weighted by Gasteiger charge is 2.19. The Morgan fingerprint density at radius 1 is 1.43 bits per heavy atom. The standard InChI is InChI=1S/C12H12ClN5O3/c1-8(21-11(19)6-18-7-14-16-17-18)12(20)15-10-5-3-2-4-9(10)13/h2-5,7-8H,6H2,1H3,(H,15,20)/t8-/m0/s1. The van der Waals surface area contributed by atoms with Crippen LogP contribution in [0.4, 0.5) is 5.69 Å². The highest BCUT2D eigenvalue weighted by atomic mass is 35.5. The van der Waals surface area contributed by atoms with Gasteiger partial charge in [-0.25, -0.2) is 4.68 Å². The van der Waals surface area contributed by atoms with E-state index in [4.69, 9.17) is 16.3 Å². The number of carbonyl (C=O) groups excluding carboxylic acids is 2. The van der Waals surface area contributed by atoms with Crippen LogP contribution in [0.15, 0.2) is 30.6 Å². The van der Waals surface area contributed by atoms with Crippen LogP contribution in [0.3, 0.4) is 0 Å². The summed E-state index contributed by atoms with van der Waals surface area (Å²) in [5, 5.41) is 13.3. The lowest BCUT2D eigenvalue weighted by molar-refractivity contribution is -0.153. The molecule has 0 aliphatic carbocycles. The highest BCUT2D eigenvalue weighted by Crippen LogP contribution is 2.20. The summed E-state index contributed by atoms with van der Waals surface area (Å²) in [5.41, 5.74) is 0.451. The van der Waals surface area contributed by atoms with Crippen molar-refractivity contribution in [3.05, 3.63) is 35.6 Å². The fraction of sp³-hybridized carbons (Fsp3) is 0.250. The second-order valence-electron chi connectivity index (χ2n) is 4.11. The lowest BCUT2D eigenvalue weighted by Gasteiger charge is -2.14. The number of halogens is 1. The molecule has 0 spiro atoms. The van der Waals surface area contributed by atoms with Gasteiger partial charge in [-0.05, 0) is 29.5 Å². The monoisotopic (exact) mass is 309 g/mol. The molecule has 2 rings (SSSR count). The molecule has 1 aromatic heterocycles. The average Bonchev–Trinajstić information content (AvgIpc) is 2.93. The van der Waals surface area contributed by atoms with Crippen molar-refractivity contribution in [1.82, 2.24) is 20.2 Å². The van der Waals surface area contributed by atoms with Crippen LogP contribution in [0.25, 0.3) is 0 Å². The number of hydrogen-bond donors (Lipinski definition) is 1. The third kappa shape index (κ3) is 4.25. The van der Waals surface area contributed by atoms with Crippen molar-refractivity contribution in [1.29, 1.82) is 0 Å². The van der Waals surface area contributed by atoms with Crippen LogP contribution < -0.4 is 5.32 Å². The summed E-state index contributed by atoms with van der Waals surface area (Å²) in [4.78, 5) is 23.5. The van der Waals surface area contributed by atoms with Crippen molar-refractivity contribution < 1.29 is 14.3 Å². The van der Waals surface area contributed by atoms with E-state index in [0.717, 1.165) is 0 Å². The van der Waals surface area contributed by atoms with Gasteiger partial charge in [-0.2, -0.15) is 0 Å². The number of benzene rings is 1. The molecule has 0 bridgehead atoms. The first-order chi connectivity index (χ1) is 10.1. The van der Waals surface area contributed by atoms with Crippen molar-refractivity contribution >= 4 is 29.2 Å². The number of nitrogens with one attached hydrogen (secondary N) is 1. The molecule has 110 valence electrons. The van der Waals surface area contributed by atoms with Crippen molar-refractivity contribution in [2.75, 3.05) is 5.32 Å². The van der Waals surface area contributed by atoms with Crippen LogP contribution >= 0.6 is 11.6 Å². The number of ether oxygens (including phenoxy) is 1. The summed E-state index contributed by atoms with van der Waals surface area (Å²) in [6.07, 6.45) is 0.306. The summed E-state index contributed by atoms with van der Waals surface area (Å²) in [7, 11) is 0. The lowest BCUT2D eigenvalue weighted by atomic mass is 10.3. The predicted molar refractivity (Wildman–Crippen MR) is 73.5 cm³/mol. The van der Waals surface area contributed by atoms with Gasteiger partial charge in [0, 0.05) is 0 Å². The molecule has 1 N–H and O–H groups in total. The number of nitrogens with zero attached hydrogens (tertiary/aromatic N) is 4. The fourth-order valence-electron chi connectivity index (χ4n) is 1.47. The molecule has 8 nitrogen and oxygen atoms in total. The molecule has 0 aliphatic rings. The van der Waals surface area contributed by atoms with E-state index in [2.05, 4.69) is 20.8 Å². The van der Waals surface area contributed by atoms with E-state index < -0.39 is 18.0 Å². The third-order valence-electron chi connectivity index (χ3n) is 2.49. The molecular formula is C12H12ClN5O3. The Labute approximate surface area is 125 Å². The molecule has 2 aromatic rings. The Balaban J connectivity index is 1.88. The molecule has 9 heteroatoms. The molecule has 0 aliphatic heterocycles. The van der Waals surface area contributed by atoms with Gasteiger partial charge in [-0.15, -0.1) is 5.10 Å². The summed E-state index contributed by atoms with van der Waals surface area (Å²) in [5.74, 6) is -1.10. The van der Waals surface area contributed by atoms with Crippen LogP contribution in [-0.4, -0.2) is 38.2 Å². The van der Waals surface area contributed by atoms with Gasteiger partial charge in [0.1, 0.15) is 12.9 Å². The topological polar surface area (TPSA) is 99.0 Å². The van der Waals surface area contributed by atoms with Crippen LogP contribution in [-0.2, 0) is 20.9 Å². The molecule has 1 aromatic carbocycles. The fourth-order valence-corrected chi connectivity index (χ4v) is 1.65. The Morgan fingerprint density at radius 2 is 2.19 bits per heavy atom. The molecule has 21 heavy (non-hydrogen) atoms. The summed E-state index contributed by atoms with van der Waals surface area (Å²) in [6.45, 7) is 1.29. The van der Waals surface area contributed by atoms with Gasteiger partial charge in [-0.1, -0.05) is 23.7 Å². The number of hydrogen-bond acceptors (Lipinski definition) is 6. The van der Waals surface area contributed by atoms with Crippen molar-refractivity contribution in [3.8, 4) is 0 Å². The Bertz CT molecular complexity index is 632. The zero-order valence-corrected chi connectivity index (χ0v) is 11.8. The van der Waals surface area contributed by atoms with E-state index in [1.807, 2.05) is 0 Å². The lowest BCUT2D eigenvalue weighted by Crippen LogP contribution is -2.31. The van der Waals surface area contributed by atoms with Gasteiger partial charge in [-0.3, -0.25) is 9.59 Å². The van der Waals surface area contributed by atoms with Gasteiger partial charge in [0.2, 0.25) is 0 Å². The first-order valence-electron chi connectivity index (χ1n) is 6.02. The van der Waals surface area contributed by atoms with E-state index in [0.29, 0.717) is 10.7 Å². The first kappa shape index (κ1) is 14.9. The molecule has 0 saturated heterocycles. The zero-order valence-electron chi connectivity index (χ0n) is 11.1. The van der Waals surface area contributed by atoms with Crippen LogP contribution in [0.2, 0.25) is 5.02 Å². The second kappa shape index (κ2) is 6.80. The summed E-state index contributed by atoms with van der Waals surface area (Å²) in [6, 6.07) is 6.77. The van der Waals surface area contributed by atoms with Gasteiger partial charge in [0.25, 0.3) is 5.91 Å². The molecule has 0 unspecified atom stereocenters. The van der Waals surface area contributed by atoms with Gasteiger partial charge in [0.15, 0.2) is 6.10 Å². The van der Waals surface area contributed by atoms with Crippen LogP contribution in [0.5, 0.6) is 0 Å². The number of rotatable bonds is 5. The van der Waals surface area contributed by atoms with Crippen molar-refractivity contribution in [2.45, 2.75) is 19.6 Å². The van der Waals surface area contributed by atoms with E-state index in [1.54, 1.807) is 24.3 Å². The van der Waals surface area contributed by atoms with Crippen molar-refractivity contribution in [3.63, 3.8) is 0 Å². The van der Waals surface area contributed by atoms with Crippen molar-refractivity contribution in [2.24, 2.45) is 0 Å². The van der Waals surface area contributed by atoms with E-state index >= 15 is 0 Å². The average molecular weight is 310 g/mol. The molecular weight excluding hydrogens is 298 g/mol. The molecule has 1 amide bonds. The van der Waals surface area contributed by atoms with E-state index in [-0.39, 0.29) is 6.54 Å². The Hall–Kier alpha value is -2.48. The molecule has 0 saturated carbocycles. The number of esters is 1. The third-order valence-corrected chi connectivity index (χ3v) is 2.82. The Morgan fingerprint density at radius 3 is 2.86 bits per heavy atom. The number of amides is 1. The largest absolute Gasteiger partial charge is 0.451 e. The summed E-state index contributed by atoms with van der Waals surface area (Å²) >= 11 is 5.93. The maximum atomic E-state index is 11.9. The maximum Gasteiger partial charge on any atom is 0.328 e. The molecule has 1 heterocycles. The van der Waals surface area contributed by atoms with Crippen LogP contribution in [0.1, 0.15) is 6.92 Å². The zero-order chi connectivity index (χ0) is 15.2. The first-order valence-corrected chi connectivity index (χ1v) is 6.39. The van der Waals surface area contributed by atoms with Gasteiger partial charge >= 0.3 is 5.97 Å². The number of aromatic nitrogens is 4. The normalized spacial score (nSPS) is 11.7. The second-order valence-corrected chi connectivity index (χ2v) is 4.52. The minimum Gasteiger partial charge on any atom is -0.451 e. The number of para-hydroxylation sites is 1. The van der Waals surface area contributed by atoms with Gasteiger partial charge in [0.05, 0.1) is 10.7 Å². The minimum atomic E-state index is -0.967. The number of anilines is 1. The smallest absolute Gasteiger partial charge is 0.328 e. The number of tetrazole rings is 1. The Kier molecular flexibility index (Phi) is 4.83. The minimum absolute atomic E-state index is 0.170. The van der Waals surface area contributed by atoms with Crippen LogP contribution in [0, 0.1) is 0 Å².